The molecule has 6 nitrogen and oxygen atoms in total. The Hall–Kier alpha value is -1.34. The number of rotatable bonds is 3. The monoisotopic (exact) mass is 245 g/mol. The fourth-order valence-corrected chi connectivity index (χ4v) is 1.64. The minimum Gasteiger partial charge on any atom is -0.479 e. The first-order valence-corrected chi connectivity index (χ1v) is 6.45. The van der Waals surface area contributed by atoms with E-state index in [1.807, 2.05) is 0 Å². The summed E-state index contributed by atoms with van der Waals surface area (Å²) >= 11 is 0. The van der Waals surface area contributed by atoms with Crippen LogP contribution < -0.4 is 9.47 Å². The Morgan fingerprint density at radius 1 is 1.62 bits per heavy atom. The maximum absolute atomic E-state index is 10.8. The second-order valence-corrected chi connectivity index (χ2v) is 4.99. The molecule has 2 rings (SSSR count). The highest BCUT2D eigenvalue weighted by molar-refractivity contribution is 7.85. The predicted molar refractivity (Wildman–Crippen MR) is 54.9 cm³/mol. The average molecular weight is 245 g/mol. The summed E-state index contributed by atoms with van der Waals surface area (Å²) in [5, 5.41) is 0. The van der Waals surface area contributed by atoms with Crippen LogP contribution in [-0.2, 0) is 14.3 Å². The van der Waals surface area contributed by atoms with Crippen LogP contribution in [0.1, 0.15) is 0 Å². The Morgan fingerprint density at radius 2 is 2.44 bits per heavy atom. The molecule has 0 spiro atoms. The summed E-state index contributed by atoms with van der Waals surface area (Å²) < 4.78 is 36.9. The zero-order chi connectivity index (χ0) is 11.6. The first-order chi connectivity index (χ1) is 7.54. The summed E-state index contributed by atoms with van der Waals surface area (Å²) in [5.74, 6) is 0.911. The molecular weight excluding hydrogens is 234 g/mol. The van der Waals surface area contributed by atoms with Crippen LogP contribution in [0.4, 0.5) is 0 Å². The van der Waals surface area contributed by atoms with Gasteiger partial charge in [-0.25, -0.2) is 4.98 Å². The maximum atomic E-state index is 10.8. The van der Waals surface area contributed by atoms with Crippen LogP contribution in [-0.4, -0.2) is 39.0 Å². The van der Waals surface area contributed by atoms with Crippen LogP contribution in [0, 0.1) is 0 Å². The van der Waals surface area contributed by atoms with Crippen LogP contribution in [0.2, 0.25) is 0 Å². The number of ether oxygens (including phenoxy) is 2. The van der Waals surface area contributed by atoms with Crippen LogP contribution in [0.25, 0.3) is 0 Å². The smallest absolute Gasteiger partial charge is 0.264 e. The summed E-state index contributed by atoms with van der Waals surface area (Å²) in [7, 11) is -3.45. The highest BCUT2D eigenvalue weighted by Gasteiger charge is 2.23. The van der Waals surface area contributed by atoms with Crippen molar-refractivity contribution >= 4 is 10.1 Å². The quantitative estimate of drug-likeness (QED) is 0.708. The summed E-state index contributed by atoms with van der Waals surface area (Å²) in [6.45, 7) is 0.159. The van der Waals surface area contributed by atoms with E-state index in [1.165, 1.54) is 0 Å². The number of hydrogen-bond acceptors (Lipinski definition) is 6. The highest BCUT2D eigenvalue weighted by atomic mass is 32.2. The summed E-state index contributed by atoms with van der Waals surface area (Å²) in [6.07, 6.45) is 2.15. The van der Waals surface area contributed by atoms with E-state index in [1.54, 1.807) is 18.3 Å². The summed E-state index contributed by atoms with van der Waals surface area (Å²) in [5.41, 5.74) is 0. The molecule has 1 aromatic rings. The normalized spacial score (nSPS) is 19.4. The minimum absolute atomic E-state index is 0.0623. The van der Waals surface area contributed by atoms with Gasteiger partial charge in [0.05, 0.1) is 6.26 Å². The van der Waals surface area contributed by atoms with E-state index < -0.39 is 16.2 Å². The van der Waals surface area contributed by atoms with Crippen LogP contribution in [0.5, 0.6) is 11.6 Å². The van der Waals surface area contributed by atoms with Gasteiger partial charge in [-0.15, -0.1) is 0 Å². The molecule has 88 valence electrons. The van der Waals surface area contributed by atoms with Gasteiger partial charge in [-0.1, -0.05) is 0 Å². The lowest BCUT2D eigenvalue weighted by atomic mass is 10.3. The SMILES string of the molecule is CS(=O)(=O)OCC1COc2ncccc2O1. The molecule has 0 amide bonds. The molecule has 2 heterocycles. The third kappa shape index (κ3) is 2.83. The van der Waals surface area contributed by atoms with Gasteiger partial charge in [-0.2, -0.15) is 8.42 Å². The lowest BCUT2D eigenvalue weighted by Gasteiger charge is -2.24. The van der Waals surface area contributed by atoms with Gasteiger partial charge < -0.3 is 9.47 Å². The second kappa shape index (κ2) is 4.26. The molecule has 1 unspecified atom stereocenters. The number of pyridine rings is 1. The van der Waals surface area contributed by atoms with Gasteiger partial charge in [-0.05, 0) is 12.1 Å². The molecule has 0 aliphatic carbocycles. The summed E-state index contributed by atoms with van der Waals surface area (Å²) in [4.78, 5) is 3.96. The Morgan fingerprint density at radius 3 is 3.19 bits per heavy atom. The predicted octanol–water partition coefficient (Wildman–Crippen LogP) is 0.198. The Balaban J connectivity index is 1.98. The topological polar surface area (TPSA) is 74.7 Å². The zero-order valence-electron chi connectivity index (χ0n) is 8.62. The molecule has 0 bridgehead atoms. The van der Waals surface area contributed by atoms with E-state index in [4.69, 9.17) is 9.47 Å². The Labute approximate surface area is 93.3 Å². The van der Waals surface area contributed by atoms with E-state index in [2.05, 4.69) is 9.17 Å². The number of hydrogen-bond donors (Lipinski definition) is 0. The van der Waals surface area contributed by atoms with Crippen LogP contribution in [0.3, 0.4) is 0 Å². The van der Waals surface area contributed by atoms with Crippen molar-refractivity contribution in [2.24, 2.45) is 0 Å². The minimum atomic E-state index is -3.45. The van der Waals surface area contributed by atoms with E-state index in [0.29, 0.717) is 11.6 Å². The van der Waals surface area contributed by atoms with Gasteiger partial charge in [0.25, 0.3) is 16.0 Å². The fourth-order valence-electron chi connectivity index (χ4n) is 1.24. The van der Waals surface area contributed by atoms with Crippen molar-refractivity contribution in [3.05, 3.63) is 18.3 Å². The van der Waals surface area contributed by atoms with Gasteiger partial charge in [0, 0.05) is 6.20 Å². The zero-order valence-corrected chi connectivity index (χ0v) is 9.44. The number of fused-ring (bicyclic) bond motifs is 1. The molecule has 1 aromatic heterocycles. The largest absolute Gasteiger partial charge is 0.479 e. The van der Waals surface area contributed by atoms with Crippen molar-refractivity contribution in [3.8, 4) is 11.6 Å². The van der Waals surface area contributed by atoms with Crippen molar-refractivity contribution in [2.45, 2.75) is 6.10 Å². The maximum Gasteiger partial charge on any atom is 0.264 e. The molecule has 7 heteroatoms. The standard InChI is InChI=1S/C9H11NO5S/c1-16(11,12)14-6-7-5-13-9-8(15-7)3-2-4-10-9/h2-4,7H,5-6H2,1H3. The third-order valence-corrected chi connectivity index (χ3v) is 2.47. The molecular formula is C9H11NO5S. The van der Waals surface area contributed by atoms with Gasteiger partial charge in [0.15, 0.2) is 11.9 Å². The lowest BCUT2D eigenvalue weighted by molar-refractivity contribution is 0.0522. The molecule has 0 saturated heterocycles. The molecule has 0 saturated carbocycles. The molecule has 1 aliphatic rings. The van der Waals surface area contributed by atoms with E-state index in [-0.39, 0.29) is 13.2 Å². The first kappa shape index (κ1) is 11.2. The van der Waals surface area contributed by atoms with Gasteiger partial charge in [-0.3, -0.25) is 4.18 Å². The molecule has 0 fully saturated rings. The molecule has 16 heavy (non-hydrogen) atoms. The average Bonchev–Trinajstić information content (AvgIpc) is 2.25. The van der Waals surface area contributed by atoms with E-state index in [0.717, 1.165) is 6.26 Å². The summed E-state index contributed by atoms with van der Waals surface area (Å²) in [6, 6.07) is 3.41. The molecule has 1 atom stereocenters. The highest BCUT2D eigenvalue weighted by Crippen LogP contribution is 2.28. The lowest BCUT2D eigenvalue weighted by Crippen LogP contribution is -2.34. The molecule has 0 N–H and O–H groups in total. The fraction of sp³-hybridized carbons (Fsp3) is 0.444. The van der Waals surface area contributed by atoms with Crippen molar-refractivity contribution < 1.29 is 22.1 Å². The van der Waals surface area contributed by atoms with Crippen LogP contribution >= 0.6 is 0 Å². The third-order valence-electron chi connectivity index (χ3n) is 1.90. The molecule has 0 radical (unpaired) electrons. The van der Waals surface area contributed by atoms with E-state index in [9.17, 15) is 8.42 Å². The number of aromatic nitrogens is 1. The van der Waals surface area contributed by atoms with Gasteiger partial charge in [0.1, 0.15) is 13.2 Å². The Kier molecular flexibility index (Phi) is 2.97. The Bertz CT molecular complexity index is 473. The molecule has 0 aromatic carbocycles. The van der Waals surface area contributed by atoms with Crippen molar-refractivity contribution in [2.75, 3.05) is 19.5 Å². The molecule has 1 aliphatic heterocycles. The van der Waals surface area contributed by atoms with Crippen molar-refractivity contribution in [3.63, 3.8) is 0 Å². The second-order valence-electron chi connectivity index (χ2n) is 3.35. The van der Waals surface area contributed by atoms with E-state index >= 15 is 0 Å². The number of nitrogens with zero attached hydrogens (tertiary/aromatic N) is 1. The van der Waals surface area contributed by atoms with Crippen molar-refractivity contribution in [1.29, 1.82) is 0 Å². The van der Waals surface area contributed by atoms with Gasteiger partial charge in [0.2, 0.25) is 0 Å². The van der Waals surface area contributed by atoms with Gasteiger partial charge >= 0.3 is 0 Å². The first-order valence-electron chi connectivity index (χ1n) is 4.63. The van der Waals surface area contributed by atoms with Crippen molar-refractivity contribution in [1.82, 2.24) is 4.98 Å². The van der Waals surface area contributed by atoms with Crippen LogP contribution in [0.15, 0.2) is 18.3 Å².